The molecule has 180 valence electrons. The smallest absolute Gasteiger partial charge is 0.243 e. The Morgan fingerprint density at radius 1 is 0.914 bits per heavy atom. The van der Waals surface area contributed by atoms with Crippen LogP contribution in [0.15, 0.2) is 90.0 Å². The van der Waals surface area contributed by atoms with Crippen molar-refractivity contribution in [2.75, 3.05) is 19.5 Å². The highest BCUT2D eigenvalue weighted by molar-refractivity contribution is 7.89. The lowest BCUT2D eigenvalue weighted by Crippen LogP contribution is -2.45. The van der Waals surface area contributed by atoms with Crippen LogP contribution in [0.25, 0.3) is 10.9 Å². The molecule has 3 aromatic carbocycles. The fourth-order valence-electron chi connectivity index (χ4n) is 3.72. The Balaban J connectivity index is 1.65. The molecule has 8 nitrogen and oxygen atoms in total. The molecule has 1 aromatic heterocycles. The number of para-hydroxylation sites is 1. The van der Waals surface area contributed by atoms with Crippen LogP contribution in [0.5, 0.6) is 11.5 Å². The first-order valence-electron chi connectivity index (χ1n) is 10.8. The number of rotatable bonds is 9. The quantitative estimate of drug-likeness (QED) is 0.369. The number of methoxy groups -OCH3 is 2. The summed E-state index contributed by atoms with van der Waals surface area (Å²) in [7, 11) is -1.07. The van der Waals surface area contributed by atoms with Crippen molar-refractivity contribution >= 4 is 32.5 Å². The number of fused-ring (bicyclic) bond motifs is 1. The van der Waals surface area contributed by atoms with E-state index in [1.807, 2.05) is 30.3 Å². The van der Waals surface area contributed by atoms with Gasteiger partial charge >= 0.3 is 0 Å². The molecule has 0 aliphatic heterocycles. The van der Waals surface area contributed by atoms with Crippen molar-refractivity contribution in [3.63, 3.8) is 0 Å². The van der Waals surface area contributed by atoms with Crippen LogP contribution in [0, 0.1) is 0 Å². The number of aromatic nitrogens is 1. The van der Waals surface area contributed by atoms with E-state index in [1.165, 1.54) is 26.5 Å². The predicted octanol–water partition coefficient (Wildman–Crippen LogP) is 3.78. The van der Waals surface area contributed by atoms with Crippen molar-refractivity contribution in [2.45, 2.75) is 17.4 Å². The molecule has 4 aromatic rings. The molecule has 0 unspecified atom stereocenters. The van der Waals surface area contributed by atoms with E-state index in [-0.39, 0.29) is 11.3 Å². The summed E-state index contributed by atoms with van der Waals surface area (Å²) in [6, 6.07) is 21.5. The van der Waals surface area contributed by atoms with Gasteiger partial charge in [0.15, 0.2) is 11.5 Å². The molecule has 0 saturated heterocycles. The average Bonchev–Trinajstić information content (AvgIpc) is 2.88. The van der Waals surface area contributed by atoms with Crippen LogP contribution in [0.2, 0.25) is 0 Å². The summed E-state index contributed by atoms with van der Waals surface area (Å²) in [6.07, 6.45) is 1.68. The second-order valence-corrected chi connectivity index (χ2v) is 9.44. The first kappa shape index (κ1) is 24.2. The van der Waals surface area contributed by atoms with Gasteiger partial charge in [-0.25, -0.2) is 8.42 Å². The number of hydrogen-bond donors (Lipinski definition) is 2. The number of hydrogen-bond acceptors (Lipinski definition) is 6. The molecular weight excluding hydrogens is 466 g/mol. The number of carbonyl (C=O) groups is 1. The van der Waals surface area contributed by atoms with Gasteiger partial charge in [-0.2, -0.15) is 4.72 Å². The Kier molecular flexibility index (Phi) is 7.28. The number of benzene rings is 3. The zero-order valence-corrected chi connectivity index (χ0v) is 20.1. The second kappa shape index (κ2) is 10.5. The minimum absolute atomic E-state index is 0.00702. The van der Waals surface area contributed by atoms with E-state index in [1.54, 1.807) is 42.5 Å². The number of ether oxygens (including phenoxy) is 2. The van der Waals surface area contributed by atoms with Gasteiger partial charge in [0.1, 0.15) is 10.9 Å². The van der Waals surface area contributed by atoms with Gasteiger partial charge in [-0.1, -0.05) is 48.5 Å². The normalized spacial score (nSPS) is 12.2. The molecule has 1 heterocycles. The van der Waals surface area contributed by atoms with Crippen LogP contribution in [0.1, 0.15) is 5.56 Å². The van der Waals surface area contributed by atoms with Crippen molar-refractivity contribution in [3.8, 4) is 11.5 Å². The lowest BCUT2D eigenvalue weighted by molar-refractivity contribution is -0.117. The number of nitrogens with zero attached hydrogens (tertiary/aromatic N) is 1. The van der Waals surface area contributed by atoms with Crippen molar-refractivity contribution < 1.29 is 22.7 Å². The molecule has 9 heteroatoms. The van der Waals surface area contributed by atoms with Crippen LogP contribution in [0.3, 0.4) is 0 Å². The minimum atomic E-state index is -4.09. The van der Waals surface area contributed by atoms with E-state index < -0.39 is 22.0 Å². The van der Waals surface area contributed by atoms with Crippen LogP contribution in [-0.2, 0) is 21.2 Å². The third-order valence-corrected chi connectivity index (χ3v) is 6.94. The second-order valence-electron chi connectivity index (χ2n) is 7.75. The Hall–Kier alpha value is -3.95. The van der Waals surface area contributed by atoms with Gasteiger partial charge < -0.3 is 14.8 Å². The molecule has 2 N–H and O–H groups in total. The maximum atomic E-state index is 13.4. The van der Waals surface area contributed by atoms with E-state index in [0.29, 0.717) is 28.1 Å². The third kappa shape index (κ3) is 5.59. The lowest BCUT2D eigenvalue weighted by atomic mass is 10.1. The lowest BCUT2D eigenvalue weighted by Gasteiger charge is -2.20. The van der Waals surface area contributed by atoms with E-state index in [9.17, 15) is 13.2 Å². The first-order valence-corrected chi connectivity index (χ1v) is 12.3. The first-order chi connectivity index (χ1) is 16.9. The van der Waals surface area contributed by atoms with E-state index in [0.717, 1.165) is 5.56 Å². The SMILES string of the molecule is COc1ccc(NC(=O)[C@H](Cc2ccccc2)NS(=O)(=O)c2cccc3cccnc23)cc1OC. The van der Waals surface area contributed by atoms with Crippen LogP contribution in [0.4, 0.5) is 5.69 Å². The topological polar surface area (TPSA) is 107 Å². The van der Waals surface area contributed by atoms with Gasteiger partial charge in [0.05, 0.1) is 19.7 Å². The average molecular weight is 492 g/mol. The number of sulfonamides is 1. The fourth-order valence-corrected chi connectivity index (χ4v) is 5.10. The Morgan fingerprint density at radius 2 is 1.66 bits per heavy atom. The highest BCUT2D eigenvalue weighted by Gasteiger charge is 2.28. The van der Waals surface area contributed by atoms with Crippen molar-refractivity contribution in [1.29, 1.82) is 0 Å². The largest absolute Gasteiger partial charge is 0.493 e. The Bertz CT molecular complexity index is 1440. The highest BCUT2D eigenvalue weighted by Crippen LogP contribution is 2.30. The Labute approximate surface area is 204 Å². The van der Waals surface area contributed by atoms with Crippen molar-refractivity contribution in [3.05, 3.63) is 90.6 Å². The maximum Gasteiger partial charge on any atom is 0.243 e. The molecular formula is C26H25N3O5S. The number of carbonyl (C=O) groups excluding carboxylic acids is 1. The number of amides is 1. The zero-order chi connectivity index (χ0) is 24.8. The zero-order valence-electron chi connectivity index (χ0n) is 19.3. The molecule has 1 atom stereocenters. The molecule has 35 heavy (non-hydrogen) atoms. The Morgan fingerprint density at radius 3 is 2.40 bits per heavy atom. The molecule has 0 radical (unpaired) electrons. The molecule has 0 bridgehead atoms. The molecule has 1 amide bonds. The number of pyridine rings is 1. The third-order valence-electron chi connectivity index (χ3n) is 5.43. The van der Waals surface area contributed by atoms with Gasteiger partial charge in [-0.15, -0.1) is 0 Å². The molecule has 0 spiro atoms. The highest BCUT2D eigenvalue weighted by atomic mass is 32.2. The minimum Gasteiger partial charge on any atom is -0.493 e. The monoisotopic (exact) mass is 491 g/mol. The van der Waals surface area contributed by atoms with Gasteiger partial charge in [0.25, 0.3) is 0 Å². The number of nitrogens with one attached hydrogen (secondary N) is 2. The summed E-state index contributed by atoms with van der Waals surface area (Å²) < 4.78 is 40.0. The fraction of sp³-hybridized carbons (Fsp3) is 0.154. The molecule has 0 aliphatic carbocycles. The van der Waals surface area contributed by atoms with Crippen molar-refractivity contribution in [1.82, 2.24) is 9.71 Å². The van der Waals surface area contributed by atoms with Gasteiger partial charge in [0, 0.05) is 23.3 Å². The number of anilines is 1. The maximum absolute atomic E-state index is 13.4. The van der Waals surface area contributed by atoms with Crippen molar-refractivity contribution in [2.24, 2.45) is 0 Å². The molecule has 0 fully saturated rings. The molecule has 4 rings (SSSR count). The standard InChI is InChI=1S/C26H25N3O5S/c1-33-22-14-13-20(17-23(22)34-2)28-26(30)21(16-18-8-4-3-5-9-18)29-35(31,32)24-12-6-10-19-11-7-15-27-25(19)24/h3-15,17,21,29H,16H2,1-2H3,(H,28,30)/t21-/m0/s1. The predicted molar refractivity (Wildman–Crippen MR) is 134 cm³/mol. The van der Waals surface area contributed by atoms with Gasteiger partial charge in [0.2, 0.25) is 15.9 Å². The summed E-state index contributed by atoms with van der Waals surface area (Å²) in [5, 5.41) is 3.47. The van der Waals surface area contributed by atoms with Crippen LogP contribution < -0.4 is 19.5 Å². The summed E-state index contributed by atoms with van der Waals surface area (Å²) in [5.41, 5.74) is 1.58. The summed E-state index contributed by atoms with van der Waals surface area (Å²) >= 11 is 0. The summed E-state index contributed by atoms with van der Waals surface area (Å²) in [4.78, 5) is 17.6. The van der Waals surface area contributed by atoms with Crippen LogP contribution >= 0.6 is 0 Å². The van der Waals surface area contributed by atoms with Gasteiger partial charge in [-0.3, -0.25) is 9.78 Å². The summed E-state index contributed by atoms with van der Waals surface area (Å²) in [6.45, 7) is 0. The van der Waals surface area contributed by atoms with Gasteiger partial charge in [-0.05, 0) is 36.2 Å². The van der Waals surface area contributed by atoms with E-state index >= 15 is 0 Å². The molecule has 0 aliphatic rings. The van der Waals surface area contributed by atoms with Crippen LogP contribution in [-0.4, -0.2) is 39.6 Å². The molecule has 0 saturated carbocycles. The van der Waals surface area contributed by atoms with E-state index in [2.05, 4.69) is 15.0 Å². The summed E-state index contributed by atoms with van der Waals surface area (Å²) in [5.74, 6) is 0.431. The van der Waals surface area contributed by atoms with E-state index in [4.69, 9.17) is 9.47 Å².